The van der Waals surface area contributed by atoms with E-state index < -0.39 is 0 Å². The summed E-state index contributed by atoms with van der Waals surface area (Å²) in [4.78, 5) is 16.3. The van der Waals surface area contributed by atoms with E-state index in [9.17, 15) is 9.90 Å². The van der Waals surface area contributed by atoms with Gasteiger partial charge in [0.1, 0.15) is 5.75 Å². The number of hydrogen-bond acceptors (Lipinski definition) is 4. The van der Waals surface area contributed by atoms with Gasteiger partial charge in [0.05, 0.1) is 6.42 Å². The van der Waals surface area contributed by atoms with Crippen molar-refractivity contribution in [1.82, 2.24) is 5.48 Å². The molecule has 4 nitrogen and oxygen atoms in total. The van der Waals surface area contributed by atoms with E-state index in [-0.39, 0.29) is 17.6 Å². The summed E-state index contributed by atoms with van der Waals surface area (Å²) < 4.78 is 0. The molecular weight excluding hydrogens is 218 g/mol. The summed E-state index contributed by atoms with van der Waals surface area (Å²) in [5.41, 5.74) is 3.59. The number of benzene rings is 1. The van der Waals surface area contributed by atoms with Crippen molar-refractivity contribution in [2.24, 2.45) is 0 Å². The summed E-state index contributed by atoms with van der Waals surface area (Å²) >= 11 is 0. The van der Waals surface area contributed by atoms with Gasteiger partial charge in [-0.1, -0.05) is 19.1 Å². The van der Waals surface area contributed by atoms with Crippen molar-refractivity contribution < 1.29 is 14.7 Å². The zero-order valence-corrected chi connectivity index (χ0v) is 10.3. The van der Waals surface area contributed by atoms with E-state index in [0.29, 0.717) is 13.0 Å². The van der Waals surface area contributed by atoms with Gasteiger partial charge in [0.25, 0.3) is 0 Å². The lowest BCUT2D eigenvalue weighted by Crippen LogP contribution is -2.20. The molecule has 1 unspecified atom stereocenters. The molecule has 0 amide bonds. The van der Waals surface area contributed by atoms with Crippen LogP contribution in [0.1, 0.15) is 38.2 Å². The van der Waals surface area contributed by atoms with Gasteiger partial charge in [-0.15, -0.1) is 0 Å². The standard InChI is InChI=1S/C13H19NO3/c1-3-10(9-13(16)17-14-4-2)11-5-7-12(15)8-6-11/h5-8,10,14-15H,3-4,9H2,1-2H3. The fourth-order valence-corrected chi connectivity index (χ4v) is 1.64. The van der Waals surface area contributed by atoms with Gasteiger partial charge in [-0.05, 0) is 37.0 Å². The van der Waals surface area contributed by atoms with Crippen molar-refractivity contribution in [2.75, 3.05) is 6.54 Å². The maximum Gasteiger partial charge on any atom is 0.325 e. The van der Waals surface area contributed by atoms with Crippen molar-refractivity contribution in [2.45, 2.75) is 32.6 Å². The predicted molar refractivity (Wildman–Crippen MR) is 65.5 cm³/mol. The van der Waals surface area contributed by atoms with E-state index in [0.717, 1.165) is 12.0 Å². The highest BCUT2D eigenvalue weighted by molar-refractivity contribution is 5.70. The van der Waals surface area contributed by atoms with E-state index in [1.54, 1.807) is 12.1 Å². The molecule has 0 saturated heterocycles. The van der Waals surface area contributed by atoms with Gasteiger partial charge >= 0.3 is 5.97 Å². The number of nitrogens with one attached hydrogen (secondary N) is 1. The van der Waals surface area contributed by atoms with Crippen LogP contribution in [0.2, 0.25) is 0 Å². The molecule has 94 valence electrons. The van der Waals surface area contributed by atoms with Crippen LogP contribution >= 0.6 is 0 Å². The molecule has 4 heteroatoms. The molecule has 1 rings (SSSR count). The van der Waals surface area contributed by atoms with Gasteiger partial charge in [-0.3, -0.25) is 4.79 Å². The number of phenols is 1. The Morgan fingerprint density at radius 2 is 2.00 bits per heavy atom. The Balaban J connectivity index is 2.59. The number of phenolic OH excluding ortho intramolecular Hbond substituents is 1. The quantitative estimate of drug-likeness (QED) is 0.746. The Bertz CT molecular complexity index is 348. The van der Waals surface area contributed by atoms with Crippen LogP contribution in [-0.2, 0) is 9.63 Å². The number of hydroxylamine groups is 1. The highest BCUT2D eigenvalue weighted by Gasteiger charge is 2.15. The van der Waals surface area contributed by atoms with Crippen LogP contribution in [0.15, 0.2) is 24.3 Å². The van der Waals surface area contributed by atoms with Crippen LogP contribution < -0.4 is 5.48 Å². The minimum Gasteiger partial charge on any atom is -0.508 e. The minimum atomic E-state index is -0.258. The zero-order valence-electron chi connectivity index (χ0n) is 10.3. The Labute approximate surface area is 102 Å². The van der Waals surface area contributed by atoms with Crippen molar-refractivity contribution in [3.63, 3.8) is 0 Å². The fourth-order valence-electron chi connectivity index (χ4n) is 1.64. The van der Waals surface area contributed by atoms with Crippen molar-refractivity contribution in [1.29, 1.82) is 0 Å². The lowest BCUT2D eigenvalue weighted by atomic mass is 9.93. The van der Waals surface area contributed by atoms with E-state index >= 15 is 0 Å². The number of hydrogen-bond donors (Lipinski definition) is 2. The molecule has 0 fully saturated rings. The van der Waals surface area contributed by atoms with Crippen LogP contribution in [-0.4, -0.2) is 17.6 Å². The van der Waals surface area contributed by atoms with E-state index in [2.05, 4.69) is 5.48 Å². The topological polar surface area (TPSA) is 58.6 Å². The summed E-state index contributed by atoms with van der Waals surface area (Å²) in [5, 5.41) is 9.21. The van der Waals surface area contributed by atoms with Crippen molar-refractivity contribution >= 4 is 5.97 Å². The van der Waals surface area contributed by atoms with E-state index in [1.165, 1.54) is 0 Å². The Kier molecular flexibility index (Phi) is 5.49. The lowest BCUT2D eigenvalue weighted by Gasteiger charge is -2.14. The number of carbonyl (C=O) groups is 1. The largest absolute Gasteiger partial charge is 0.508 e. The molecule has 0 radical (unpaired) electrons. The third-order valence-corrected chi connectivity index (χ3v) is 2.60. The molecule has 0 spiro atoms. The lowest BCUT2D eigenvalue weighted by molar-refractivity contribution is -0.151. The molecule has 1 aromatic rings. The number of aromatic hydroxyl groups is 1. The molecule has 1 atom stereocenters. The van der Waals surface area contributed by atoms with Gasteiger partial charge in [0.15, 0.2) is 0 Å². The first-order valence-electron chi connectivity index (χ1n) is 5.88. The Morgan fingerprint density at radius 3 is 2.53 bits per heavy atom. The van der Waals surface area contributed by atoms with E-state index in [1.807, 2.05) is 26.0 Å². The average molecular weight is 237 g/mol. The molecule has 0 bridgehead atoms. The van der Waals surface area contributed by atoms with Crippen LogP contribution in [0, 0.1) is 0 Å². The Hall–Kier alpha value is -1.55. The molecule has 17 heavy (non-hydrogen) atoms. The highest BCUT2D eigenvalue weighted by atomic mass is 16.7. The summed E-state index contributed by atoms with van der Waals surface area (Å²) in [6, 6.07) is 6.94. The van der Waals surface area contributed by atoms with Crippen molar-refractivity contribution in [3.8, 4) is 5.75 Å². The fraction of sp³-hybridized carbons (Fsp3) is 0.462. The van der Waals surface area contributed by atoms with Crippen molar-refractivity contribution in [3.05, 3.63) is 29.8 Å². The second kappa shape index (κ2) is 6.91. The molecule has 0 aliphatic carbocycles. The summed E-state index contributed by atoms with van der Waals surface area (Å²) in [7, 11) is 0. The van der Waals surface area contributed by atoms with Gasteiger partial charge in [0, 0.05) is 6.54 Å². The maximum absolute atomic E-state index is 11.5. The second-order valence-corrected chi connectivity index (χ2v) is 3.87. The predicted octanol–water partition coefficient (Wildman–Crippen LogP) is 2.34. The molecule has 0 aliphatic rings. The molecule has 0 aliphatic heterocycles. The van der Waals surface area contributed by atoms with E-state index in [4.69, 9.17) is 4.84 Å². The first kappa shape index (κ1) is 13.5. The van der Waals surface area contributed by atoms with Crippen LogP contribution in [0.5, 0.6) is 5.75 Å². The molecule has 2 N–H and O–H groups in total. The zero-order chi connectivity index (χ0) is 12.7. The molecule has 0 saturated carbocycles. The average Bonchev–Trinajstić information content (AvgIpc) is 2.34. The monoisotopic (exact) mass is 237 g/mol. The normalized spacial score (nSPS) is 12.1. The maximum atomic E-state index is 11.5. The SMILES string of the molecule is CCNOC(=O)CC(CC)c1ccc(O)cc1. The minimum absolute atomic E-state index is 0.127. The highest BCUT2D eigenvalue weighted by Crippen LogP contribution is 2.25. The van der Waals surface area contributed by atoms with Gasteiger partial charge in [-0.25, -0.2) is 0 Å². The van der Waals surface area contributed by atoms with Crippen LogP contribution in [0.3, 0.4) is 0 Å². The van der Waals surface area contributed by atoms with Crippen LogP contribution in [0.25, 0.3) is 0 Å². The first-order valence-corrected chi connectivity index (χ1v) is 5.88. The third-order valence-electron chi connectivity index (χ3n) is 2.60. The number of rotatable bonds is 6. The molecular formula is C13H19NO3. The summed E-state index contributed by atoms with van der Waals surface area (Å²) in [6.07, 6.45) is 1.19. The van der Waals surface area contributed by atoms with Crippen LogP contribution in [0.4, 0.5) is 0 Å². The summed E-state index contributed by atoms with van der Waals surface area (Å²) in [6.45, 7) is 4.49. The van der Waals surface area contributed by atoms with Gasteiger partial charge in [-0.2, -0.15) is 5.48 Å². The Morgan fingerprint density at radius 1 is 1.35 bits per heavy atom. The van der Waals surface area contributed by atoms with Gasteiger partial charge in [0.2, 0.25) is 0 Å². The second-order valence-electron chi connectivity index (χ2n) is 3.87. The summed E-state index contributed by atoms with van der Waals surface area (Å²) in [5.74, 6) is 0.104. The third kappa shape index (κ3) is 4.44. The smallest absolute Gasteiger partial charge is 0.325 e. The molecule has 0 aromatic heterocycles. The first-order chi connectivity index (χ1) is 8.17. The molecule has 0 heterocycles. The number of carbonyl (C=O) groups excluding carboxylic acids is 1. The molecule has 1 aromatic carbocycles. The van der Waals surface area contributed by atoms with Gasteiger partial charge < -0.3 is 9.94 Å².